The fourth-order valence-electron chi connectivity index (χ4n) is 2.56. The van der Waals surface area contributed by atoms with Gasteiger partial charge in [-0.3, -0.25) is 14.9 Å². The standard InChI is InChI=1S/C22H16ClN3O6/c1-31-20-12-14(2-11-19(20)32-22(28)16-3-7-17(23)8-4-16)13-24-25-21(27)15-5-9-18(10-6-15)26(29)30/h2-13H,1H3,(H,25,27)/b24-13-. The number of hydrogen-bond acceptors (Lipinski definition) is 7. The molecule has 0 aliphatic rings. The highest BCUT2D eigenvalue weighted by molar-refractivity contribution is 6.30. The van der Waals surface area contributed by atoms with Crippen molar-refractivity contribution in [2.75, 3.05) is 7.11 Å². The molecule has 10 heteroatoms. The van der Waals surface area contributed by atoms with Crippen LogP contribution >= 0.6 is 11.6 Å². The molecule has 162 valence electrons. The van der Waals surface area contributed by atoms with Gasteiger partial charge in [-0.25, -0.2) is 10.2 Å². The van der Waals surface area contributed by atoms with Crippen molar-refractivity contribution in [3.8, 4) is 11.5 Å². The Labute approximate surface area is 187 Å². The SMILES string of the molecule is COc1cc(/C=N\NC(=O)c2ccc([N+](=O)[O-])cc2)ccc1OC(=O)c1ccc(Cl)cc1. The van der Waals surface area contributed by atoms with E-state index in [2.05, 4.69) is 10.5 Å². The van der Waals surface area contributed by atoms with Gasteiger partial charge in [0.15, 0.2) is 11.5 Å². The molecular formula is C22H16ClN3O6. The second kappa shape index (κ2) is 10.2. The van der Waals surface area contributed by atoms with Gasteiger partial charge in [-0.1, -0.05) is 11.6 Å². The minimum absolute atomic E-state index is 0.117. The zero-order valence-electron chi connectivity index (χ0n) is 16.7. The maximum Gasteiger partial charge on any atom is 0.343 e. The molecule has 1 N–H and O–H groups in total. The molecular weight excluding hydrogens is 438 g/mol. The summed E-state index contributed by atoms with van der Waals surface area (Å²) < 4.78 is 10.6. The number of benzene rings is 3. The van der Waals surface area contributed by atoms with Crippen molar-refractivity contribution in [2.45, 2.75) is 0 Å². The number of amides is 1. The largest absolute Gasteiger partial charge is 0.493 e. The van der Waals surface area contributed by atoms with Crippen molar-refractivity contribution in [3.63, 3.8) is 0 Å². The van der Waals surface area contributed by atoms with E-state index in [0.717, 1.165) is 0 Å². The van der Waals surface area contributed by atoms with Crippen LogP contribution in [-0.4, -0.2) is 30.1 Å². The topological polar surface area (TPSA) is 120 Å². The lowest BCUT2D eigenvalue weighted by molar-refractivity contribution is -0.384. The van der Waals surface area contributed by atoms with E-state index in [-0.39, 0.29) is 22.7 Å². The summed E-state index contributed by atoms with van der Waals surface area (Å²) in [5.41, 5.74) is 3.33. The van der Waals surface area contributed by atoms with Crippen LogP contribution in [0.1, 0.15) is 26.3 Å². The Morgan fingerprint density at radius 2 is 1.66 bits per heavy atom. The van der Waals surface area contributed by atoms with Gasteiger partial charge in [-0.05, 0) is 60.2 Å². The summed E-state index contributed by atoms with van der Waals surface area (Å²) in [7, 11) is 1.42. The molecule has 0 aliphatic carbocycles. The number of esters is 1. The average Bonchev–Trinajstić information content (AvgIpc) is 2.80. The Bertz CT molecular complexity index is 1180. The summed E-state index contributed by atoms with van der Waals surface area (Å²) in [5.74, 6) is -0.606. The summed E-state index contributed by atoms with van der Waals surface area (Å²) in [6.45, 7) is 0. The fourth-order valence-corrected chi connectivity index (χ4v) is 2.68. The van der Waals surface area contributed by atoms with Gasteiger partial charge in [0, 0.05) is 22.7 Å². The van der Waals surface area contributed by atoms with Crippen molar-refractivity contribution in [2.24, 2.45) is 5.10 Å². The number of hydrazone groups is 1. The van der Waals surface area contributed by atoms with Crippen molar-refractivity contribution in [1.82, 2.24) is 5.43 Å². The van der Waals surface area contributed by atoms with Gasteiger partial charge in [0.2, 0.25) is 0 Å². The molecule has 0 saturated heterocycles. The molecule has 0 saturated carbocycles. The van der Waals surface area contributed by atoms with Crippen LogP contribution in [0.25, 0.3) is 0 Å². The van der Waals surface area contributed by atoms with Crippen LogP contribution in [0.5, 0.6) is 11.5 Å². The molecule has 0 radical (unpaired) electrons. The molecule has 0 spiro atoms. The van der Waals surface area contributed by atoms with Crippen LogP contribution in [0.2, 0.25) is 5.02 Å². The highest BCUT2D eigenvalue weighted by atomic mass is 35.5. The first-order chi connectivity index (χ1) is 15.4. The highest BCUT2D eigenvalue weighted by Gasteiger charge is 2.13. The number of carbonyl (C=O) groups is 2. The second-order valence-corrected chi connectivity index (χ2v) is 6.75. The number of rotatable bonds is 7. The lowest BCUT2D eigenvalue weighted by Gasteiger charge is -2.10. The Kier molecular flexibility index (Phi) is 7.14. The van der Waals surface area contributed by atoms with Crippen LogP contribution in [-0.2, 0) is 0 Å². The molecule has 0 fully saturated rings. The van der Waals surface area contributed by atoms with Crippen LogP contribution in [0.4, 0.5) is 5.69 Å². The Morgan fingerprint density at radius 1 is 1.00 bits per heavy atom. The lowest BCUT2D eigenvalue weighted by atomic mass is 10.2. The molecule has 9 nitrogen and oxygen atoms in total. The minimum atomic E-state index is -0.572. The van der Waals surface area contributed by atoms with E-state index in [0.29, 0.717) is 16.1 Å². The van der Waals surface area contributed by atoms with Gasteiger partial charge in [0.25, 0.3) is 11.6 Å². The normalized spacial score (nSPS) is 10.6. The minimum Gasteiger partial charge on any atom is -0.493 e. The third kappa shape index (κ3) is 5.67. The number of nitro benzene ring substituents is 1. The molecule has 0 aliphatic heterocycles. The predicted molar refractivity (Wildman–Crippen MR) is 118 cm³/mol. The number of non-ortho nitro benzene ring substituents is 1. The van der Waals surface area contributed by atoms with Crippen molar-refractivity contribution >= 4 is 35.4 Å². The van der Waals surface area contributed by atoms with E-state index >= 15 is 0 Å². The molecule has 0 bridgehead atoms. The molecule has 0 unspecified atom stereocenters. The monoisotopic (exact) mass is 453 g/mol. The van der Waals surface area contributed by atoms with Gasteiger partial charge in [0.1, 0.15) is 0 Å². The first-order valence-corrected chi connectivity index (χ1v) is 9.49. The van der Waals surface area contributed by atoms with Gasteiger partial charge in [0.05, 0.1) is 23.8 Å². The molecule has 3 aromatic carbocycles. The van der Waals surface area contributed by atoms with E-state index in [4.69, 9.17) is 21.1 Å². The first-order valence-electron chi connectivity index (χ1n) is 9.11. The number of nitrogens with one attached hydrogen (secondary N) is 1. The maximum absolute atomic E-state index is 12.3. The fraction of sp³-hybridized carbons (Fsp3) is 0.0455. The average molecular weight is 454 g/mol. The lowest BCUT2D eigenvalue weighted by Crippen LogP contribution is -2.17. The van der Waals surface area contributed by atoms with Gasteiger partial charge < -0.3 is 9.47 Å². The molecule has 32 heavy (non-hydrogen) atoms. The molecule has 0 heterocycles. The molecule has 1 amide bonds. The Balaban J connectivity index is 1.65. The quantitative estimate of drug-likeness (QED) is 0.188. The van der Waals surface area contributed by atoms with Crippen molar-refractivity contribution < 1.29 is 24.0 Å². The summed E-state index contributed by atoms with van der Waals surface area (Å²) in [6.07, 6.45) is 1.37. The van der Waals surface area contributed by atoms with E-state index in [1.165, 1.54) is 43.7 Å². The number of methoxy groups -OCH3 is 1. The first kappa shape index (κ1) is 22.4. The molecule has 3 rings (SSSR count). The molecule has 0 aromatic heterocycles. The van der Waals surface area contributed by atoms with Crippen molar-refractivity contribution in [1.29, 1.82) is 0 Å². The highest BCUT2D eigenvalue weighted by Crippen LogP contribution is 2.28. The predicted octanol–water partition coefficient (Wildman–Crippen LogP) is 4.24. The molecule has 0 atom stereocenters. The van der Waals surface area contributed by atoms with Crippen LogP contribution in [0.3, 0.4) is 0 Å². The van der Waals surface area contributed by atoms with Crippen LogP contribution < -0.4 is 14.9 Å². The zero-order valence-corrected chi connectivity index (χ0v) is 17.4. The number of halogens is 1. The summed E-state index contributed by atoms with van der Waals surface area (Å²) in [5, 5.41) is 15.0. The van der Waals surface area contributed by atoms with Crippen LogP contribution in [0, 0.1) is 10.1 Å². The molecule has 3 aromatic rings. The summed E-state index contributed by atoms with van der Waals surface area (Å²) >= 11 is 5.82. The summed E-state index contributed by atoms with van der Waals surface area (Å²) in [4.78, 5) is 34.5. The Morgan fingerprint density at radius 3 is 2.28 bits per heavy atom. The smallest absolute Gasteiger partial charge is 0.343 e. The van der Waals surface area contributed by atoms with E-state index in [1.54, 1.807) is 36.4 Å². The number of nitrogens with zero attached hydrogens (tertiary/aromatic N) is 2. The third-order valence-electron chi connectivity index (χ3n) is 4.19. The second-order valence-electron chi connectivity index (χ2n) is 6.31. The van der Waals surface area contributed by atoms with Gasteiger partial charge in [-0.15, -0.1) is 0 Å². The third-order valence-corrected chi connectivity index (χ3v) is 4.44. The maximum atomic E-state index is 12.3. The number of hydrogen-bond donors (Lipinski definition) is 1. The summed E-state index contributed by atoms with van der Waals surface area (Å²) in [6, 6.07) is 16.1. The van der Waals surface area contributed by atoms with E-state index < -0.39 is 16.8 Å². The van der Waals surface area contributed by atoms with Gasteiger partial charge in [-0.2, -0.15) is 5.10 Å². The number of carbonyl (C=O) groups excluding carboxylic acids is 2. The number of ether oxygens (including phenoxy) is 2. The van der Waals surface area contributed by atoms with Crippen molar-refractivity contribution in [3.05, 3.63) is 98.6 Å². The van der Waals surface area contributed by atoms with Gasteiger partial charge >= 0.3 is 5.97 Å². The zero-order chi connectivity index (χ0) is 23.1. The van der Waals surface area contributed by atoms with E-state index in [1.807, 2.05) is 0 Å². The Hall–Kier alpha value is -4.24. The number of nitro groups is 1. The van der Waals surface area contributed by atoms with Crippen LogP contribution in [0.15, 0.2) is 71.8 Å². The van der Waals surface area contributed by atoms with E-state index in [9.17, 15) is 19.7 Å².